The van der Waals surface area contributed by atoms with E-state index in [-0.39, 0.29) is 25.6 Å². The van der Waals surface area contributed by atoms with E-state index in [2.05, 4.69) is 13.8 Å². The maximum absolute atomic E-state index is 9.52. The molecule has 0 unspecified atom stereocenters. The number of unbranched alkanes of at least 4 members (excludes halogenated alkanes) is 12. The highest BCUT2D eigenvalue weighted by atomic mass is 35.5. The summed E-state index contributed by atoms with van der Waals surface area (Å²) in [7, 11) is 0. The fourth-order valence-corrected chi connectivity index (χ4v) is 5.09. The number of hydrogen-bond acceptors (Lipinski definition) is 3. The van der Waals surface area contributed by atoms with Crippen molar-refractivity contribution in [3.8, 4) is 0 Å². The van der Waals surface area contributed by atoms with Gasteiger partial charge in [-0.2, -0.15) is 0 Å². The Balaban J connectivity index is 0. The topological polar surface area (TPSA) is 40.5 Å². The van der Waals surface area contributed by atoms with Gasteiger partial charge in [-0.3, -0.25) is 0 Å². The molecule has 5 heteroatoms. The van der Waals surface area contributed by atoms with Crippen LogP contribution in [0.25, 0.3) is 0 Å². The van der Waals surface area contributed by atoms with Crippen LogP contribution in [0.5, 0.6) is 0 Å². The molecule has 0 aromatic carbocycles. The SMILES string of the molecule is CCCCCCCCCCCCSC[N+](CCO)(CCO)CCCCCC.[Cl-]. The van der Waals surface area contributed by atoms with E-state index in [1.807, 2.05) is 11.8 Å². The van der Waals surface area contributed by atoms with E-state index in [1.165, 1.54) is 95.6 Å². The van der Waals surface area contributed by atoms with Crippen LogP contribution in [0.3, 0.4) is 0 Å². The molecule has 0 rings (SSSR count). The first-order valence-corrected chi connectivity index (χ1v) is 13.0. The molecule has 0 amide bonds. The molecule has 0 bridgehead atoms. The molecule has 3 nitrogen and oxygen atoms in total. The van der Waals surface area contributed by atoms with Crippen molar-refractivity contribution in [1.82, 2.24) is 0 Å². The monoisotopic (exact) mass is 439 g/mol. The first-order chi connectivity index (χ1) is 13.2. The molecular formula is C23H50ClNO2S. The molecule has 172 valence electrons. The lowest BCUT2D eigenvalue weighted by atomic mass is 10.1. The molecule has 0 aromatic rings. The lowest BCUT2D eigenvalue weighted by molar-refractivity contribution is -0.917. The summed E-state index contributed by atoms with van der Waals surface area (Å²) in [6.45, 7) is 7.66. The van der Waals surface area contributed by atoms with Crippen LogP contribution in [0.2, 0.25) is 0 Å². The summed E-state index contributed by atoms with van der Waals surface area (Å²) in [5.74, 6) is 2.27. The summed E-state index contributed by atoms with van der Waals surface area (Å²) >= 11 is 2.03. The predicted molar refractivity (Wildman–Crippen MR) is 122 cm³/mol. The molecule has 0 atom stereocenters. The summed E-state index contributed by atoms with van der Waals surface area (Å²) in [6.07, 6.45) is 19.0. The largest absolute Gasteiger partial charge is 1.00 e. The number of nitrogens with zero attached hydrogens (tertiary/aromatic N) is 1. The van der Waals surface area contributed by atoms with E-state index in [9.17, 15) is 10.2 Å². The smallest absolute Gasteiger partial charge is 0.125 e. The quantitative estimate of drug-likeness (QED) is 0.155. The van der Waals surface area contributed by atoms with Crippen molar-refractivity contribution in [2.75, 3.05) is 44.5 Å². The van der Waals surface area contributed by atoms with Gasteiger partial charge in [0.05, 0.1) is 19.8 Å². The van der Waals surface area contributed by atoms with Crippen LogP contribution in [0, 0.1) is 0 Å². The molecule has 0 heterocycles. The zero-order chi connectivity index (χ0) is 20.1. The van der Waals surface area contributed by atoms with Gasteiger partial charge in [-0.15, -0.1) is 11.8 Å². The lowest BCUT2D eigenvalue weighted by Crippen LogP contribution is -3.00. The Morgan fingerprint density at radius 3 is 1.46 bits per heavy atom. The van der Waals surface area contributed by atoms with Crippen LogP contribution in [-0.2, 0) is 0 Å². The fraction of sp³-hybridized carbons (Fsp3) is 1.00. The number of halogens is 1. The molecule has 0 saturated carbocycles. The average molecular weight is 440 g/mol. The van der Waals surface area contributed by atoms with Crippen molar-refractivity contribution < 1.29 is 27.1 Å². The Morgan fingerprint density at radius 1 is 0.571 bits per heavy atom. The van der Waals surface area contributed by atoms with Gasteiger partial charge < -0.3 is 27.1 Å². The number of aliphatic hydroxyl groups excluding tert-OH is 2. The van der Waals surface area contributed by atoms with E-state index >= 15 is 0 Å². The second-order valence-electron chi connectivity index (χ2n) is 8.24. The fourth-order valence-electron chi connectivity index (χ4n) is 3.78. The van der Waals surface area contributed by atoms with E-state index in [1.54, 1.807) is 0 Å². The number of quaternary nitrogens is 1. The highest BCUT2D eigenvalue weighted by Crippen LogP contribution is 2.19. The lowest BCUT2D eigenvalue weighted by Gasteiger charge is -2.37. The Hall–Kier alpha value is 0.520. The van der Waals surface area contributed by atoms with Crippen molar-refractivity contribution in [1.29, 1.82) is 0 Å². The first kappa shape index (κ1) is 30.7. The maximum Gasteiger partial charge on any atom is 0.125 e. The normalized spacial score (nSPS) is 11.6. The van der Waals surface area contributed by atoms with E-state index in [0.29, 0.717) is 0 Å². The summed E-state index contributed by atoms with van der Waals surface area (Å²) in [6, 6.07) is 0. The van der Waals surface area contributed by atoms with E-state index in [4.69, 9.17) is 0 Å². The number of hydrogen-bond donors (Lipinski definition) is 2. The van der Waals surface area contributed by atoms with Crippen molar-refractivity contribution in [3.05, 3.63) is 0 Å². The van der Waals surface area contributed by atoms with Crippen molar-refractivity contribution in [2.45, 2.75) is 104 Å². The minimum absolute atomic E-state index is 0. The van der Waals surface area contributed by atoms with Crippen LogP contribution in [-0.4, -0.2) is 59.2 Å². The minimum atomic E-state index is 0. The predicted octanol–water partition coefficient (Wildman–Crippen LogP) is 2.98. The van der Waals surface area contributed by atoms with Gasteiger partial charge in [0, 0.05) is 0 Å². The Morgan fingerprint density at radius 2 is 1.00 bits per heavy atom. The van der Waals surface area contributed by atoms with Gasteiger partial charge in [-0.05, 0) is 25.0 Å². The molecule has 2 N–H and O–H groups in total. The molecule has 0 aliphatic carbocycles. The second-order valence-corrected chi connectivity index (χ2v) is 9.31. The van der Waals surface area contributed by atoms with Gasteiger partial charge in [0.2, 0.25) is 0 Å². The summed E-state index contributed by atoms with van der Waals surface area (Å²) in [5, 5.41) is 19.0. The van der Waals surface area contributed by atoms with Crippen molar-refractivity contribution in [3.63, 3.8) is 0 Å². The molecule has 0 aliphatic heterocycles. The average Bonchev–Trinajstić information content (AvgIpc) is 2.66. The van der Waals surface area contributed by atoms with Gasteiger partial charge in [-0.25, -0.2) is 0 Å². The highest BCUT2D eigenvalue weighted by Gasteiger charge is 2.25. The molecule has 0 spiro atoms. The second kappa shape index (κ2) is 23.8. The van der Waals surface area contributed by atoms with Crippen molar-refractivity contribution >= 4 is 11.8 Å². The summed E-state index contributed by atoms with van der Waals surface area (Å²) in [5.41, 5.74) is 0. The van der Waals surface area contributed by atoms with Gasteiger partial charge in [0.15, 0.2) is 0 Å². The highest BCUT2D eigenvalue weighted by molar-refractivity contribution is 7.99. The summed E-state index contributed by atoms with van der Waals surface area (Å²) in [4.78, 5) is 0. The van der Waals surface area contributed by atoms with Gasteiger partial charge in [-0.1, -0.05) is 84.5 Å². The number of aliphatic hydroxyl groups is 2. The van der Waals surface area contributed by atoms with Gasteiger partial charge >= 0.3 is 0 Å². The van der Waals surface area contributed by atoms with Crippen LogP contribution < -0.4 is 12.4 Å². The van der Waals surface area contributed by atoms with Crippen molar-refractivity contribution in [2.24, 2.45) is 0 Å². The zero-order valence-electron chi connectivity index (χ0n) is 19.0. The summed E-state index contributed by atoms with van der Waals surface area (Å²) < 4.78 is 0.888. The molecule has 0 saturated heterocycles. The molecule has 0 fully saturated rings. The number of rotatable bonds is 22. The molecule has 0 aromatic heterocycles. The zero-order valence-corrected chi connectivity index (χ0v) is 20.5. The maximum atomic E-state index is 9.52. The van der Waals surface area contributed by atoms with Crippen LogP contribution in [0.1, 0.15) is 104 Å². The molecule has 28 heavy (non-hydrogen) atoms. The Kier molecular flexibility index (Phi) is 26.1. The van der Waals surface area contributed by atoms with Gasteiger partial charge in [0.1, 0.15) is 19.0 Å². The Labute approximate surface area is 187 Å². The third kappa shape index (κ3) is 18.5. The molecular weight excluding hydrogens is 390 g/mol. The Bertz CT molecular complexity index is 290. The van der Waals surface area contributed by atoms with Crippen LogP contribution in [0.15, 0.2) is 0 Å². The number of thioether (sulfide) groups is 1. The van der Waals surface area contributed by atoms with Gasteiger partial charge in [0.25, 0.3) is 0 Å². The van der Waals surface area contributed by atoms with Crippen LogP contribution >= 0.6 is 11.8 Å². The standard InChI is InChI=1S/C23H50NO2S.ClH/c1-3-5-7-9-10-11-12-13-14-16-22-27-23-24(18-20-25,19-21-26)17-15-8-6-4-2;/h25-26H,3-23H2,1-2H3;1H/q+1;/p-1. The molecule has 0 aliphatic rings. The first-order valence-electron chi connectivity index (χ1n) is 11.9. The van der Waals surface area contributed by atoms with E-state index < -0.39 is 0 Å². The third-order valence-corrected chi connectivity index (χ3v) is 6.95. The minimum Gasteiger partial charge on any atom is -1.00 e. The van der Waals surface area contributed by atoms with E-state index in [0.717, 1.165) is 30.0 Å². The molecule has 0 radical (unpaired) electrons. The third-order valence-electron chi connectivity index (χ3n) is 5.64. The van der Waals surface area contributed by atoms with Crippen LogP contribution in [0.4, 0.5) is 0 Å².